The minimum atomic E-state index is -4.95. The summed E-state index contributed by atoms with van der Waals surface area (Å²) in [7, 11) is -2.83. The van der Waals surface area contributed by atoms with Crippen LogP contribution in [0.5, 0.6) is 5.75 Å². The number of carbonyl (C=O) groups excluding carboxylic acids is 1. The van der Waals surface area contributed by atoms with E-state index < -0.39 is 39.5 Å². The molecule has 0 saturated heterocycles. The zero-order valence-electron chi connectivity index (χ0n) is 15.0. The van der Waals surface area contributed by atoms with E-state index in [-0.39, 0.29) is 21.4 Å². The van der Waals surface area contributed by atoms with Crippen molar-refractivity contribution in [1.29, 1.82) is 0 Å². The molecule has 0 radical (unpaired) electrons. The van der Waals surface area contributed by atoms with Crippen LogP contribution in [0.3, 0.4) is 0 Å². The third-order valence-electron chi connectivity index (χ3n) is 3.70. The normalized spacial score (nSPS) is 13.1. The van der Waals surface area contributed by atoms with E-state index in [1.807, 2.05) is 0 Å². The summed E-state index contributed by atoms with van der Waals surface area (Å²) in [6.07, 6.45) is -4.95. The molecule has 2 rings (SSSR count). The van der Waals surface area contributed by atoms with Gasteiger partial charge in [0.15, 0.2) is 0 Å². The zero-order valence-corrected chi connectivity index (χ0v) is 16.5. The average molecular weight is 455 g/mol. The van der Waals surface area contributed by atoms with Gasteiger partial charge in [0, 0.05) is 5.69 Å². The van der Waals surface area contributed by atoms with Crippen LogP contribution < -0.4 is 14.8 Å². The van der Waals surface area contributed by atoms with Crippen LogP contribution in [0, 0.1) is 5.82 Å². The summed E-state index contributed by atoms with van der Waals surface area (Å²) in [6.45, 7) is 1.19. The molecule has 0 aliphatic heterocycles. The summed E-state index contributed by atoms with van der Waals surface area (Å²) < 4.78 is 83.4. The molecule has 0 bridgehead atoms. The van der Waals surface area contributed by atoms with Gasteiger partial charge in [0.2, 0.25) is 15.9 Å². The molecule has 2 aromatic rings. The number of carbonyl (C=O) groups is 1. The molecule has 12 heteroatoms. The first kappa shape index (κ1) is 22.9. The Morgan fingerprint density at radius 1 is 1.17 bits per heavy atom. The monoisotopic (exact) mass is 454 g/mol. The molecule has 29 heavy (non-hydrogen) atoms. The maximum absolute atomic E-state index is 13.3. The Kier molecular flexibility index (Phi) is 6.76. The van der Waals surface area contributed by atoms with Crippen LogP contribution >= 0.6 is 11.6 Å². The van der Waals surface area contributed by atoms with Crippen molar-refractivity contribution < 1.29 is 35.5 Å². The van der Waals surface area contributed by atoms with Crippen LogP contribution in [0.4, 0.5) is 23.2 Å². The second kappa shape index (κ2) is 8.56. The topological polar surface area (TPSA) is 84.5 Å². The van der Waals surface area contributed by atoms with E-state index in [0.29, 0.717) is 12.1 Å². The molecule has 0 spiro atoms. The lowest BCUT2D eigenvalue weighted by Crippen LogP contribution is -2.41. The van der Waals surface area contributed by atoms with Gasteiger partial charge < -0.3 is 10.1 Å². The van der Waals surface area contributed by atoms with Crippen molar-refractivity contribution in [1.82, 2.24) is 4.72 Å². The van der Waals surface area contributed by atoms with Crippen LogP contribution in [-0.2, 0) is 21.0 Å². The quantitative estimate of drug-likeness (QED) is 0.650. The molecule has 2 N–H and O–H groups in total. The van der Waals surface area contributed by atoms with E-state index in [9.17, 15) is 30.8 Å². The number of rotatable bonds is 6. The Bertz CT molecular complexity index is 1030. The molecule has 0 heterocycles. The summed E-state index contributed by atoms with van der Waals surface area (Å²) in [5.74, 6) is -2.21. The SMILES string of the molecule is COc1ccc(S(=O)(=O)NC(C)C(=O)Nc2ccc(F)c(C(F)(F)F)c2)cc1Cl. The minimum Gasteiger partial charge on any atom is -0.495 e. The van der Waals surface area contributed by atoms with Crippen molar-refractivity contribution in [2.75, 3.05) is 12.4 Å². The van der Waals surface area contributed by atoms with E-state index in [1.54, 1.807) is 0 Å². The van der Waals surface area contributed by atoms with Crippen molar-refractivity contribution in [3.05, 3.63) is 52.8 Å². The van der Waals surface area contributed by atoms with E-state index >= 15 is 0 Å². The predicted octanol–water partition coefficient (Wildman–Crippen LogP) is 3.81. The van der Waals surface area contributed by atoms with Gasteiger partial charge in [-0.2, -0.15) is 17.9 Å². The highest BCUT2D eigenvalue weighted by Gasteiger charge is 2.34. The van der Waals surface area contributed by atoms with Gasteiger partial charge in [-0.15, -0.1) is 0 Å². The molecule has 1 unspecified atom stereocenters. The van der Waals surface area contributed by atoms with E-state index in [0.717, 1.165) is 12.1 Å². The van der Waals surface area contributed by atoms with Gasteiger partial charge in [-0.1, -0.05) is 11.6 Å². The maximum Gasteiger partial charge on any atom is 0.419 e. The first-order valence-corrected chi connectivity index (χ1v) is 9.74. The summed E-state index contributed by atoms with van der Waals surface area (Å²) in [5.41, 5.74) is -1.90. The van der Waals surface area contributed by atoms with Crippen LogP contribution in [-0.4, -0.2) is 27.5 Å². The van der Waals surface area contributed by atoms with Crippen LogP contribution in [0.1, 0.15) is 12.5 Å². The smallest absolute Gasteiger partial charge is 0.419 e. The molecular formula is C17H15ClF4N2O4S. The van der Waals surface area contributed by atoms with Crippen LogP contribution in [0.2, 0.25) is 5.02 Å². The van der Waals surface area contributed by atoms with Gasteiger partial charge in [-0.3, -0.25) is 4.79 Å². The number of benzene rings is 2. The number of anilines is 1. The Morgan fingerprint density at radius 2 is 1.83 bits per heavy atom. The average Bonchev–Trinajstić information content (AvgIpc) is 2.61. The number of hydrogen-bond acceptors (Lipinski definition) is 4. The summed E-state index contributed by atoms with van der Waals surface area (Å²) in [4.78, 5) is 11.9. The molecule has 6 nitrogen and oxygen atoms in total. The first-order valence-electron chi connectivity index (χ1n) is 7.88. The van der Waals surface area contributed by atoms with Gasteiger partial charge in [0.25, 0.3) is 0 Å². The number of sulfonamides is 1. The van der Waals surface area contributed by atoms with Crippen molar-refractivity contribution >= 4 is 33.2 Å². The third-order valence-corrected chi connectivity index (χ3v) is 5.53. The molecule has 0 saturated carbocycles. The number of amides is 1. The second-order valence-electron chi connectivity index (χ2n) is 5.82. The summed E-state index contributed by atoms with van der Waals surface area (Å²) >= 11 is 5.89. The van der Waals surface area contributed by atoms with Gasteiger partial charge in [0.05, 0.1) is 28.6 Å². The van der Waals surface area contributed by atoms with Gasteiger partial charge >= 0.3 is 6.18 Å². The number of hydrogen-bond donors (Lipinski definition) is 2. The Balaban J connectivity index is 2.16. The lowest BCUT2D eigenvalue weighted by Gasteiger charge is -2.16. The lowest BCUT2D eigenvalue weighted by atomic mass is 10.1. The molecule has 2 aromatic carbocycles. The van der Waals surface area contributed by atoms with Crippen molar-refractivity contribution in [3.8, 4) is 5.75 Å². The lowest BCUT2D eigenvalue weighted by molar-refractivity contribution is -0.140. The fourth-order valence-electron chi connectivity index (χ4n) is 2.24. The van der Waals surface area contributed by atoms with E-state index in [1.165, 1.54) is 26.2 Å². The standard InChI is InChI=1S/C17H15ClF4N2O4S/c1-9(24-29(26,27)11-4-6-15(28-2)13(18)8-11)16(25)23-10-3-5-14(19)12(7-10)17(20,21)22/h3-9,24H,1-2H3,(H,23,25). The van der Waals surface area contributed by atoms with Crippen molar-refractivity contribution in [3.63, 3.8) is 0 Å². The Labute approximate surface area is 168 Å². The van der Waals surface area contributed by atoms with Crippen LogP contribution in [0.15, 0.2) is 41.3 Å². The first-order chi connectivity index (χ1) is 13.3. The number of halogens is 5. The zero-order chi connectivity index (χ0) is 22.0. The Morgan fingerprint density at radius 3 is 2.38 bits per heavy atom. The molecule has 0 aliphatic carbocycles. The minimum absolute atomic E-state index is 0.0264. The number of alkyl halides is 3. The van der Waals surface area contributed by atoms with Gasteiger partial charge in [-0.25, -0.2) is 12.8 Å². The largest absolute Gasteiger partial charge is 0.495 e. The highest BCUT2D eigenvalue weighted by atomic mass is 35.5. The number of nitrogens with one attached hydrogen (secondary N) is 2. The highest BCUT2D eigenvalue weighted by molar-refractivity contribution is 7.89. The van der Waals surface area contributed by atoms with Crippen molar-refractivity contribution in [2.24, 2.45) is 0 Å². The van der Waals surface area contributed by atoms with E-state index in [2.05, 4.69) is 10.0 Å². The second-order valence-corrected chi connectivity index (χ2v) is 7.94. The summed E-state index contributed by atoms with van der Waals surface area (Å²) in [5, 5.41) is 2.13. The van der Waals surface area contributed by atoms with Crippen LogP contribution in [0.25, 0.3) is 0 Å². The fraction of sp³-hybridized carbons (Fsp3) is 0.235. The predicted molar refractivity (Wildman–Crippen MR) is 97.8 cm³/mol. The fourth-order valence-corrected chi connectivity index (χ4v) is 3.79. The van der Waals surface area contributed by atoms with Crippen molar-refractivity contribution in [2.45, 2.75) is 24.0 Å². The molecule has 0 aromatic heterocycles. The molecule has 0 fully saturated rings. The maximum atomic E-state index is 13.3. The molecule has 158 valence electrons. The van der Waals surface area contributed by atoms with Gasteiger partial charge in [-0.05, 0) is 43.3 Å². The molecule has 1 atom stereocenters. The number of methoxy groups -OCH3 is 1. The number of ether oxygens (including phenoxy) is 1. The molecule has 1 amide bonds. The third kappa shape index (κ3) is 5.58. The molecular weight excluding hydrogens is 440 g/mol. The van der Waals surface area contributed by atoms with Gasteiger partial charge in [0.1, 0.15) is 11.6 Å². The summed E-state index contributed by atoms with van der Waals surface area (Å²) in [6, 6.07) is 4.16. The highest BCUT2D eigenvalue weighted by Crippen LogP contribution is 2.33. The Hall–Kier alpha value is -2.37. The van der Waals surface area contributed by atoms with E-state index in [4.69, 9.17) is 16.3 Å². The molecule has 0 aliphatic rings.